The maximum atomic E-state index is 12.3. The third-order valence-corrected chi connectivity index (χ3v) is 7.89. The quantitative estimate of drug-likeness (QED) is 0.410. The largest absolute Gasteiger partial charge is 0.383 e. The van der Waals surface area contributed by atoms with Gasteiger partial charge in [0.15, 0.2) is 5.65 Å². The van der Waals surface area contributed by atoms with E-state index in [0.29, 0.717) is 18.0 Å². The van der Waals surface area contributed by atoms with Crippen LogP contribution in [-0.2, 0) is 24.2 Å². The first-order valence-electron chi connectivity index (χ1n) is 13.4. The lowest BCUT2D eigenvalue weighted by atomic mass is 10.0. The van der Waals surface area contributed by atoms with E-state index in [1.165, 1.54) is 29.1 Å². The second kappa shape index (κ2) is 10.4. The number of amides is 1. The standard InChI is InChI=1S/C30H33N7O/c1-2-26(38)36-15-5-8-25(19-36)37-30-27(29(31)32-20-33-30)28(34-37)24-11-9-21(10-12-24)18-35-16-13-22-6-3-4-7-23(22)14-17-35/h2-4,6-7,9-12,20,25H,1,5,8,13-19H2,(H2,31,32,33). The van der Waals surface area contributed by atoms with E-state index in [0.717, 1.165) is 68.5 Å². The van der Waals surface area contributed by atoms with Gasteiger partial charge >= 0.3 is 0 Å². The number of anilines is 1. The Kier molecular flexibility index (Phi) is 6.64. The lowest BCUT2D eigenvalue weighted by Crippen LogP contribution is -2.40. The zero-order valence-corrected chi connectivity index (χ0v) is 21.6. The fraction of sp³-hybridized carbons (Fsp3) is 0.333. The highest BCUT2D eigenvalue weighted by atomic mass is 16.2. The first-order valence-corrected chi connectivity index (χ1v) is 13.4. The summed E-state index contributed by atoms with van der Waals surface area (Å²) < 4.78 is 1.94. The number of piperidine rings is 1. The highest BCUT2D eigenvalue weighted by molar-refractivity contribution is 5.98. The molecular weight excluding hydrogens is 474 g/mol. The Hall–Kier alpha value is -4.04. The van der Waals surface area contributed by atoms with Gasteiger partial charge < -0.3 is 10.6 Å². The van der Waals surface area contributed by atoms with Crippen LogP contribution in [-0.4, -0.2) is 61.6 Å². The van der Waals surface area contributed by atoms with Gasteiger partial charge in [-0.15, -0.1) is 0 Å². The molecule has 1 saturated heterocycles. The number of aromatic nitrogens is 4. The lowest BCUT2D eigenvalue weighted by molar-refractivity contribution is -0.127. The van der Waals surface area contributed by atoms with Crippen molar-refractivity contribution < 1.29 is 4.79 Å². The maximum absolute atomic E-state index is 12.3. The number of fused-ring (bicyclic) bond motifs is 2. The molecule has 4 heterocycles. The molecule has 8 nitrogen and oxygen atoms in total. The second-order valence-electron chi connectivity index (χ2n) is 10.3. The van der Waals surface area contributed by atoms with Crippen molar-refractivity contribution in [2.24, 2.45) is 0 Å². The molecule has 0 saturated carbocycles. The third kappa shape index (κ3) is 4.67. The Morgan fingerprint density at radius 1 is 1.03 bits per heavy atom. The van der Waals surface area contributed by atoms with Gasteiger partial charge in [-0.2, -0.15) is 5.10 Å². The van der Waals surface area contributed by atoms with Gasteiger partial charge in [0.1, 0.15) is 17.8 Å². The molecule has 38 heavy (non-hydrogen) atoms. The highest BCUT2D eigenvalue weighted by Crippen LogP contribution is 2.34. The smallest absolute Gasteiger partial charge is 0.246 e. The summed E-state index contributed by atoms with van der Waals surface area (Å²) in [4.78, 5) is 25.4. The molecule has 1 unspecified atom stereocenters. The van der Waals surface area contributed by atoms with Crippen molar-refractivity contribution in [2.45, 2.75) is 38.3 Å². The second-order valence-corrected chi connectivity index (χ2v) is 10.3. The van der Waals surface area contributed by atoms with E-state index < -0.39 is 0 Å². The van der Waals surface area contributed by atoms with Crippen LogP contribution in [0, 0.1) is 0 Å². The number of hydrogen-bond donors (Lipinski definition) is 1. The number of nitrogen functional groups attached to an aromatic ring is 1. The molecule has 0 bridgehead atoms. The summed E-state index contributed by atoms with van der Waals surface area (Å²) in [5.41, 5.74) is 13.0. The molecule has 2 N–H and O–H groups in total. The number of benzene rings is 2. The fourth-order valence-corrected chi connectivity index (χ4v) is 5.83. The van der Waals surface area contributed by atoms with Crippen LogP contribution in [0.3, 0.4) is 0 Å². The molecule has 0 radical (unpaired) electrons. The Labute approximate surface area is 222 Å². The van der Waals surface area contributed by atoms with Crippen LogP contribution in [0.5, 0.6) is 0 Å². The van der Waals surface area contributed by atoms with Crippen molar-refractivity contribution in [2.75, 3.05) is 31.9 Å². The molecule has 2 aromatic carbocycles. The fourth-order valence-electron chi connectivity index (χ4n) is 5.83. The Balaban J connectivity index is 1.25. The summed E-state index contributed by atoms with van der Waals surface area (Å²) in [5, 5.41) is 5.77. The number of nitrogens with two attached hydrogens (primary N) is 1. The van der Waals surface area contributed by atoms with Gasteiger partial charge in [-0.05, 0) is 48.4 Å². The minimum atomic E-state index is -0.0515. The molecule has 194 valence electrons. The van der Waals surface area contributed by atoms with Crippen LogP contribution in [0.4, 0.5) is 5.82 Å². The highest BCUT2D eigenvalue weighted by Gasteiger charge is 2.28. The topological polar surface area (TPSA) is 93.2 Å². The van der Waals surface area contributed by atoms with Crippen LogP contribution < -0.4 is 5.73 Å². The molecule has 1 fully saturated rings. The number of hydrogen-bond acceptors (Lipinski definition) is 6. The normalized spacial score (nSPS) is 18.2. The molecule has 0 aliphatic carbocycles. The number of carbonyl (C=O) groups is 1. The van der Waals surface area contributed by atoms with Gasteiger partial charge in [0.25, 0.3) is 0 Å². The zero-order valence-electron chi connectivity index (χ0n) is 21.6. The molecular formula is C30H33N7O. The molecule has 4 aromatic rings. The average molecular weight is 508 g/mol. The van der Waals surface area contributed by atoms with E-state index in [4.69, 9.17) is 10.8 Å². The zero-order chi connectivity index (χ0) is 26.1. The molecule has 2 aliphatic rings. The van der Waals surface area contributed by atoms with Crippen molar-refractivity contribution in [3.05, 3.63) is 84.2 Å². The van der Waals surface area contributed by atoms with Gasteiger partial charge in [0.05, 0.1) is 11.4 Å². The van der Waals surface area contributed by atoms with Crippen LogP contribution in [0.15, 0.2) is 67.5 Å². The number of rotatable bonds is 5. The van der Waals surface area contributed by atoms with Gasteiger partial charge in [0, 0.05) is 38.3 Å². The summed E-state index contributed by atoms with van der Waals surface area (Å²) in [6.07, 6.45) is 6.86. The lowest BCUT2D eigenvalue weighted by Gasteiger charge is -2.32. The Morgan fingerprint density at radius 3 is 2.47 bits per heavy atom. The van der Waals surface area contributed by atoms with Gasteiger partial charge in [0.2, 0.25) is 5.91 Å². The molecule has 0 spiro atoms. The van der Waals surface area contributed by atoms with Crippen molar-refractivity contribution in [3.63, 3.8) is 0 Å². The molecule has 2 aromatic heterocycles. The van der Waals surface area contributed by atoms with Crippen LogP contribution in [0.1, 0.15) is 35.6 Å². The summed E-state index contributed by atoms with van der Waals surface area (Å²) in [6, 6.07) is 17.4. The van der Waals surface area contributed by atoms with Crippen molar-refractivity contribution in [1.29, 1.82) is 0 Å². The van der Waals surface area contributed by atoms with Crippen LogP contribution >= 0.6 is 0 Å². The van der Waals surface area contributed by atoms with E-state index >= 15 is 0 Å². The van der Waals surface area contributed by atoms with Crippen molar-refractivity contribution >= 4 is 22.8 Å². The van der Waals surface area contributed by atoms with E-state index in [-0.39, 0.29) is 11.9 Å². The van der Waals surface area contributed by atoms with Gasteiger partial charge in [-0.1, -0.05) is 55.1 Å². The molecule has 1 amide bonds. The summed E-state index contributed by atoms with van der Waals surface area (Å²) in [7, 11) is 0. The molecule has 6 rings (SSSR count). The predicted octanol–water partition coefficient (Wildman–Crippen LogP) is 4.03. The molecule has 8 heteroatoms. The van der Waals surface area contributed by atoms with Gasteiger partial charge in [-0.25, -0.2) is 14.6 Å². The van der Waals surface area contributed by atoms with E-state index in [1.807, 2.05) is 9.58 Å². The van der Waals surface area contributed by atoms with Crippen LogP contribution in [0.2, 0.25) is 0 Å². The molecule has 1 atom stereocenters. The van der Waals surface area contributed by atoms with E-state index in [2.05, 4.69) is 70.0 Å². The Bertz CT molecular complexity index is 1450. The van der Waals surface area contributed by atoms with Crippen molar-refractivity contribution in [3.8, 4) is 11.3 Å². The van der Waals surface area contributed by atoms with Gasteiger partial charge in [-0.3, -0.25) is 9.69 Å². The van der Waals surface area contributed by atoms with Crippen LogP contribution in [0.25, 0.3) is 22.3 Å². The summed E-state index contributed by atoms with van der Waals surface area (Å²) in [5.74, 6) is 0.365. The first-order chi connectivity index (χ1) is 18.6. The monoisotopic (exact) mass is 507 g/mol. The van der Waals surface area contributed by atoms with E-state index in [9.17, 15) is 4.79 Å². The number of carbonyl (C=O) groups excluding carboxylic acids is 1. The maximum Gasteiger partial charge on any atom is 0.246 e. The first kappa shape index (κ1) is 24.3. The summed E-state index contributed by atoms with van der Waals surface area (Å²) >= 11 is 0. The van der Waals surface area contributed by atoms with E-state index in [1.54, 1.807) is 0 Å². The SMILES string of the molecule is C=CC(=O)N1CCCC(n2nc(-c3ccc(CN4CCc5ccccc5CC4)cc3)c3c(N)ncnc32)C1. The van der Waals surface area contributed by atoms with Crippen molar-refractivity contribution in [1.82, 2.24) is 29.5 Å². The summed E-state index contributed by atoms with van der Waals surface area (Å²) in [6.45, 7) is 8.00. The minimum Gasteiger partial charge on any atom is -0.383 e. The Morgan fingerprint density at radius 2 is 1.76 bits per heavy atom. The molecule has 2 aliphatic heterocycles. The number of nitrogens with zero attached hydrogens (tertiary/aromatic N) is 6. The predicted molar refractivity (Wildman–Crippen MR) is 149 cm³/mol. The number of likely N-dealkylation sites (tertiary alicyclic amines) is 1. The average Bonchev–Trinajstić information content (AvgIpc) is 3.24. The third-order valence-electron chi connectivity index (χ3n) is 7.89. The minimum absolute atomic E-state index is 0.0182.